The number of ether oxygens (including phenoxy) is 2. The lowest BCUT2D eigenvalue weighted by molar-refractivity contribution is -0.173. The molecule has 0 amide bonds. The van der Waals surface area contributed by atoms with Crippen molar-refractivity contribution in [2.24, 2.45) is 0 Å². The number of nitrogens with zero attached hydrogens (tertiary/aromatic N) is 3. The Hall–Kier alpha value is -2.26. The third kappa shape index (κ3) is 4.52. The largest absolute Gasteiger partial charge is 0.496 e. The van der Waals surface area contributed by atoms with E-state index in [1.54, 1.807) is 27.2 Å². The van der Waals surface area contributed by atoms with Crippen molar-refractivity contribution >= 4 is 5.82 Å². The van der Waals surface area contributed by atoms with Crippen LogP contribution in [0.15, 0.2) is 24.3 Å². The van der Waals surface area contributed by atoms with Gasteiger partial charge in [-0.25, -0.2) is 4.68 Å². The number of halogens is 3. The second-order valence-corrected chi connectivity index (χ2v) is 8.45. The van der Waals surface area contributed by atoms with Crippen LogP contribution in [-0.4, -0.2) is 47.7 Å². The van der Waals surface area contributed by atoms with E-state index in [1.165, 1.54) is 0 Å². The smallest absolute Gasteiger partial charge is 0.410 e. The van der Waals surface area contributed by atoms with E-state index in [0.717, 1.165) is 40.9 Å². The summed E-state index contributed by atoms with van der Waals surface area (Å²) in [4.78, 5) is 2.27. The molecule has 0 saturated carbocycles. The van der Waals surface area contributed by atoms with Gasteiger partial charge in [0.05, 0.1) is 25.5 Å². The number of hydrogen-bond donors (Lipinski definition) is 1. The summed E-state index contributed by atoms with van der Waals surface area (Å²) in [6.07, 6.45) is -2.50. The highest BCUT2D eigenvalue weighted by Crippen LogP contribution is 2.42. The van der Waals surface area contributed by atoms with Gasteiger partial charge in [0.15, 0.2) is 6.04 Å². The van der Waals surface area contributed by atoms with E-state index in [9.17, 15) is 13.2 Å². The molecule has 2 aliphatic rings. The zero-order valence-corrected chi connectivity index (χ0v) is 18.1. The van der Waals surface area contributed by atoms with Crippen molar-refractivity contribution in [2.75, 3.05) is 26.1 Å². The van der Waals surface area contributed by atoms with Crippen LogP contribution in [0.5, 0.6) is 5.75 Å². The third-order valence-electron chi connectivity index (χ3n) is 6.13. The lowest BCUT2D eigenvalue weighted by Crippen LogP contribution is -2.37. The molecule has 1 saturated heterocycles. The van der Waals surface area contributed by atoms with Crippen molar-refractivity contribution < 1.29 is 22.6 Å². The van der Waals surface area contributed by atoms with Gasteiger partial charge >= 0.3 is 6.18 Å². The van der Waals surface area contributed by atoms with Crippen LogP contribution in [-0.2, 0) is 17.9 Å². The zero-order valence-electron chi connectivity index (χ0n) is 18.1. The van der Waals surface area contributed by atoms with Crippen molar-refractivity contribution in [3.05, 3.63) is 41.1 Å². The molecule has 31 heavy (non-hydrogen) atoms. The fourth-order valence-electron chi connectivity index (χ4n) is 4.72. The van der Waals surface area contributed by atoms with Gasteiger partial charge in [-0.1, -0.05) is 6.07 Å². The molecule has 0 spiro atoms. The molecule has 3 heterocycles. The molecule has 1 N–H and O–H groups in total. The number of likely N-dealkylation sites (tertiary alicyclic amines) is 1. The number of rotatable bonds is 6. The van der Waals surface area contributed by atoms with Crippen LogP contribution in [0.4, 0.5) is 19.0 Å². The quantitative estimate of drug-likeness (QED) is 0.710. The minimum atomic E-state index is -4.32. The summed E-state index contributed by atoms with van der Waals surface area (Å²) in [6.45, 7) is 3.78. The Labute approximate surface area is 180 Å². The van der Waals surface area contributed by atoms with Crippen molar-refractivity contribution in [1.29, 1.82) is 0 Å². The Bertz CT molecular complexity index is 915. The highest BCUT2D eigenvalue weighted by atomic mass is 19.4. The predicted molar refractivity (Wildman–Crippen MR) is 111 cm³/mol. The highest BCUT2D eigenvalue weighted by Gasteiger charge is 2.46. The lowest BCUT2D eigenvalue weighted by Gasteiger charge is -2.31. The topological polar surface area (TPSA) is 51.6 Å². The summed E-state index contributed by atoms with van der Waals surface area (Å²) in [5.41, 5.74) is 2.78. The van der Waals surface area contributed by atoms with Crippen LogP contribution in [0, 0.1) is 0 Å². The average molecular weight is 438 g/mol. The molecular weight excluding hydrogens is 409 g/mol. The molecule has 0 unspecified atom stereocenters. The highest BCUT2D eigenvalue weighted by molar-refractivity contribution is 5.42. The van der Waals surface area contributed by atoms with Crippen LogP contribution in [0.2, 0.25) is 0 Å². The molecule has 170 valence electrons. The van der Waals surface area contributed by atoms with Crippen LogP contribution in [0.25, 0.3) is 0 Å². The number of methoxy groups -OCH3 is 2. The monoisotopic (exact) mass is 438 g/mol. The third-order valence-corrected chi connectivity index (χ3v) is 6.13. The van der Waals surface area contributed by atoms with E-state index < -0.39 is 12.2 Å². The number of benzene rings is 1. The molecule has 3 atom stereocenters. The Kier molecular flexibility index (Phi) is 6.16. The lowest BCUT2D eigenvalue weighted by atomic mass is 10.1. The summed E-state index contributed by atoms with van der Waals surface area (Å²) in [5.74, 6) is 1.24. The minimum absolute atomic E-state index is 0.0184. The minimum Gasteiger partial charge on any atom is -0.496 e. The van der Waals surface area contributed by atoms with E-state index >= 15 is 0 Å². The number of alkyl halides is 3. The van der Waals surface area contributed by atoms with Crippen LogP contribution >= 0.6 is 0 Å². The summed E-state index contributed by atoms with van der Waals surface area (Å²) in [5, 5.41) is 7.60. The van der Waals surface area contributed by atoms with E-state index in [4.69, 9.17) is 9.47 Å². The van der Waals surface area contributed by atoms with Gasteiger partial charge in [-0.2, -0.15) is 18.3 Å². The first kappa shape index (κ1) is 22.0. The molecule has 1 aromatic carbocycles. The normalized spacial score (nSPS) is 24.1. The van der Waals surface area contributed by atoms with Gasteiger partial charge in [-0.3, -0.25) is 4.90 Å². The van der Waals surface area contributed by atoms with E-state index in [2.05, 4.69) is 21.4 Å². The SMILES string of the molecule is COCc1ccc(OC)c(CN2CCC[C@H]2c2cc3n(n2)[C@@H](C(F)(F)F)C[C@@H](C)N3)c1. The molecule has 4 rings (SSSR count). The standard InChI is InChI=1S/C22H29F3N4O2/c1-14-9-20(22(23,24)25)29-21(26-14)11-17(27-29)18-5-4-8-28(18)12-16-10-15(13-30-2)6-7-19(16)31-3/h6-7,10-11,14,18,20,26H,4-5,8-9,12-13H2,1-3H3/t14-,18+,20-/m1/s1. The number of aromatic nitrogens is 2. The second-order valence-electron chi connectivity index (χ2n) is 8.45. The molecule has 1 aromatic heterocycles. The van der Waals surface area contributed by atoms with Gasteiger partial charge < -0.3 is 14.8 Å². The van der Waals surface area contributed by atoms with Crippen molar-refractivity contribution in [1.82, 2.24) is 14.7 Å². The molecule has 6 nitrogen and oxygen atoms in total. The van der Waals surface area contributed by atoms with E-state index in [1.807, 2.05) is 12.1 Å². The number of nitrogens with one attached hydrogen (secondary N) is 1. The fraction of sp³-hybridized carbons (Fsp3) is 0.591. The van der Waals surface area contributed by atoms with Crippen molar-refractivity contribution in [2.45, 2.75) is 63.6 Å². The maximum absolute atomic E-state index is 13.6. The Morgan fingerprint density at radius 2 is 2.03 bits per heavy atom. The van der Waals surface area contributed by atoms with Gasteiger partial charge in [0, 0.05) is 31.3 Å². The molecular formula is C22H29F3N4O2. The van der Waals surface area contributed by atoms with Crippen molar-refractivity contribution in [3.63, 3.8) is 0 Å². The molecule has 2 aliphatic heterocycles. The molecule has 9 heteroatoms. The number of fused-ring (bicyclic) bond motifs is 1. The average Bonchev–Trinajstić information content (AvgIpc) is 3.33. The molecule has 1 fully saturated rings. The number of hydrogen-bond acceptors (Lipinski definition) is 5. The maximum atomic E-state index is 13.6. The first-order valence-electron chi connectivity index (χ1n) is 10.6. The van der Waals surface area contributed by atoms with Gasteiger partial charge in [-0.05, 0) is 50.4 Å². The Morgan fingerprint density at radius 3 is 2.74 bits per heavy atom. The zero-order chi connectivity index (χ0) is 22.2. The van der Waals surface area contributed by atoms with E-state index in [0.29, 0.717) is 24.7 Å². The molecule has 0 bridgehead atoms. The summed E-state index contributed by atoms with van der Waals surface area (Å²) in [6, 6.07) is 5.89. The van der Waals surface area contributed by atoms with Gasteiger partial charge in [0.2, 0.25) is 0 Å². The Balaban J connectivity index is 1.60. The molecule has 0 radical (unpaired) electrons. The predicted octanol–water partition coefficient (Wildman–Crippen LogP) is 4.68. The summed E-state index contributed by atoms with van der Waals surface area (Å²) >= 11 is 0. The first-order valence-corrected chi connectivity index (χ1v) is 10.6. The van der Waals surface area contributed by atoms with Crippen LogP contribution in [0.1, 0.15) is 55.1 Å². The molecule has 0 aliphatic carbocycles. The Morgan fingerprint density at radius 1 is 1.23 bits per heavy atom. The molecule has 2 aromatic rings. The van der Waals surface area contributed by atoms with E-state index in [-0.39, 0.29) is 18.5 Å². The van der Waals surface area contributed by atoms with Gasteiger partial charge in [0.25, 0.3) is 0 Å². The van der Waals surface area contributed by atoms with Gasteiger partial charge in [0.1, 0.15) is 11.6 Å². The van der Waals surface area contributed by atoms with Crippen LogP contribution < -0.4 is 10.1 Å². The number of anilines is 1. The maximum Gasteiger partial charge on any atom is 0.410 e. The summed E-state index contributed by atoms with van der Waals surface area (Å²) < 4.78 is 52.7. The summed E-state index contributed by atoms with van der Waals surface area (Å²) in [7, 11) is 3.30. The van der Waals surface area contributed by atoms with Crippen LogP contribution in [0.3, 0.4) is 0 Å². The first-order chi connectivity index (χ1) is 14.8. The second kappa shape index (κ2) is 8.70. The van der Waals surface area contributed by atoms with Crippen molar-refractivity contribution in [3.8, 4) is 5.75 Å². The fourth-order valence-corrected chi connectivity index (χ4v) is 4.72. The van der Waals surface area contributed by atoms with Gasteiger partial charge in [-0.15, -0.1) is 0 Å².